The van der Waals surface area contributed by atoms with E-state index >= 15 is 0 Å². The van der Waals surface area contributed by atoms with Crippen molar-refractivity contribution in [3.05, 3.63) is 45.1 Å². The number of hydrogen-bond acceptors (Lipinski definition) is 6. The first-order valence-electron chi connectivity index (χ1n) is 9.52. The van der Waals surface area contributed by atoms with E-state index in [0.29, 0.717) is 47.3 Å². The summed E-state index contributed by atoms with van der Waals surface area (Å²) in [6.07, 6.45) is 1.03. The van der Waals surface area contributed by atoms with Crippen molar-refractivity contribution in [2.75, 3.05) is 32.1 Å². The third-order valence-electron chi connectivity index (χ3n) is 4.95. The number of benzene rings is 1. The Morgan fingerprint density at radius 2 is 2.00 bits per heavy atom. The Morgan fingerprint density at radius 1 is 1.27 bits per heavy atom. The monoisotopic (exact) mass is 450 g/mol. The number of amides is 2. The Balaban J connectivity index is 1.46. The maximum atomic E-state index is 12.4. The molecule has 2 heterocycles. The summed E-state index contributed by atoms with van der Waals surface area (Å²) in [5.41, 5.74) is 1.24. The smallest absolute Gasteiger partial charge is 0.309 e. The summed E-state index contributed by atoms with van der Waals surface area (Å²) in [4.78, 5) is 39.4. The Hall–Kier alpha value is -2.58. The first-order valence-corrected chi connectivity index (χ1v) is 10.8. The number of nitrogens with one attached hydrogen (secondary N) is 1. The number of halogens is 1. The van der Waals surface area contributed by atoms with E-state index < -0.39 is 18.5 Å². The molecule has 0 unspecified atom stereocenters. The van der Waals surface area contributed by atoms with Gasteiger partial charge in [0.25, 0.3) is 11.8 Å². The van der Waals surface area contributed by atoms with Crippen LogP contribution < -0.4 is 10.1 Å². The van der Waals surface area contributed by atoms with Gasteiger partial charge in [-0.3, -0.25) is 14.4 Å². The van der Waals surface area contributed by atoms with Gasteiger partial charge in [0.05, 0.1) is 23.6 Å². The number of ether oxygens (including phenoxy) is 2. The van der Waals surface area contributed by atoms with Crippen molar-refractivity contribution in [1.29, 1.82) is 0 Å². The fourth-order valence-corrected chi connectivity index (χ4v) is 4.09. The third kappa shape index (κ3) is 5.31. The van der Waals surface area contributed by atoms with E-state index in [0.717, 1.165) is 5.56 Å². The van der Waals surface area contributed by atoms with Crippen molar-refractivity contribution in [3.8, 4) is 5.75 Å². The molecule has 2 aromatic rings. The topological polar surface area (TPSA) is 84.9 Å². The number of nitrogens with zero attached hydrogens (tertiary/aromatic N) is 1. The van der Waals surface area contributed by atoms with Crippen LogP contribution >= 0.6 is 22.9 Å². The van der Waals surface area contributed by atoms with Crippen molar-refractivity contribution in [2.45, 2.75) is 19.8 Å². The second kappa shape index (κ2) is 9.95. The zero-order chi connectivity index (χ0) is 21.7. The molecule has 1 aromatic carbocycles. The third-order valence-corrected chi connectivity index (χ3v) is 6.21. The van der Waals surface area contributed by atoms with E-state index in [1.807, 2.05) is 18.4 Å². The van der Waals surface area contributed by atoms with Gasteiger partial charge in [-0.15, -0.1) is 11.3 Å². The maximum Gasteiger partial charge on any atom is 0.309 e. The van der Waals surface area contributed by atoms with Gasteiger partial charge in [-0.2, -0.15) is 0 Å². The van der Waals surface area contributed by atoms with Crippen LogP contribution in [0.25, 0.3) is 0 Å². The van der Waals surface area contributed by atoms with Crippen LogP contribution in [0.4, 0.5) is 5.69 Å². The summed E-state index contributed by atoms with van der Waals surface area (Å²) in [6, 6.07) is 6.95. The zero-order valence-corrected chi connectivity index (χ0v) is 18.3. The fourth-order valence-electron chi connectivity index (χ4n) is 3.25. The largest absolute Gasteiger partial charge is 0.495 e. The summed E-state index contributed by atoms with van der Waals surface area (Å²) in [7, 11) is 1.48. The minimum absolute atomic E-state index is 0.0107. The highest BCUT2D eigenvalue weighted by atomic mass is 35.5. The number of likely N-dealkylation sites (tertiary alicyclic amines) is 1. The van der Waals surface area contributed by atoms with Crippen molar-refractivity contribution >= 4 is 46.4 Å². The van der Waals surface area contributed by atoms with E-state index in [9.17, 15) is 14.4 Å². The average Bonchev–Trinajstić information content (AvgIpc) is 3.29. The molecule has 0 aliphatic carbocycles. The molecule has 3 rings (SSSR count). The SMILES string of the molecule is COc1cc(Cl)c(C)cc1NC(=O)COC(=O)C1CCN(C(=O)c2cccs2)CC1. The highest BCUT2D eigenvalue weighted by Crippen LogP contribution is 2.31. The number of piperidine rings is 1. The van der Waals surface area contributed by atoms with Gasteiger partial charge in [0.1, 0.15) is 5.75 Å². The molecule has 0 saturated carbocycles. The van der Waals surface area contributed by atoms with E-state index in [1.165, 1.54) is 18.4 Å². The van der Waals surface area contributed by atoms with Gasteiger partial charge >= 0.3 is 5.97 Å². The summed E-state index contributed by atoms with van der Waals surface area (Å²) in [5, 5.41) is 5.07. The Morgan fingerprint density at radius 3 is 2.63 bits per heavy atom. The number of rotatable bonds is 6. The van der Waals surface area contributed by atoms with Crippen molar-refractivity contribution < 1.29 is 23.9 Å². The van der Waals surface area contributed by atoms with Crippen LogP contribution in [0.3, 0.4) is 0 Å². The van der Waals surface area contributed by atoms with Crippen molar-refractivity contribution in [2.24, 2.45) is 5.92 Å². The first-order chi connectivity index (χ1) is 14.4. The zero-order valence-electron chi connectivity index (χ0n) is 16.8. The minimum Gasteiger partial charge on any atom is -0.495 e. The van der Waals surface area contributed by atoms with Crippen LogP contribution in [0.15, 0.2) is 29.6 Å². The van der Waals surface area contributed by atoms with Gasteiger partial charge in [-0.25, -0.2) is 0 Å². The van der Waals surface area contributed by atoms with Gasteiger partial charge in [0, 0.05) is 24.2 Å². The molecule has 1 aromatic heterocycles. The average molecular weight is 451 g/mol. The number of aryl methyl sites for hydroxylation is 1. The summed E-state index contributed by atoms with van der Waals surface area (Å²) in [6.45, 7) is 2.40. The van der Waals surface area contributed by atoms with Crippen LogP contribution in [0.2, 0.25) is 5.02 Å². The lowest BCUT2D eigenvalue weighted by Crippen LogP contribution is -2.40. The molecule has 0 radical (unpaired) electrons. The number of thiophene rings is 1. The molecule has 9 heteroatoms. The van der Waals surface area contributed by atoms with Gasteiger partial charge in [0.2, 0.25) is 0 Å². The molecule has 1 aliphatic rings. The lowest BCUT2D eigenvalue weighted by Gasteiger charge is -2.30. The Kier molecular flexibility index (Phi) is 7.33. The maximum absolute atomic E-state index is 12.4. The second-order valence-corrected chi connectivity index (χ2v) is 8.36. The molecule has 160 valence electrons. The number of esters is 1. The Labute approximate surface area is 183 Å². The molecular formula is C21H23ClN2O5S. The minimum atomic E-state index is -0.464. The molecule has 1 N–H and O–H groups in total. The second-order valence-electron chi connectivity index (χ2n) is 7.00. The molecule has 0 spiro atoms. The number of hydrogen-bond donors (Lipinski definition) is 1. The quantitative estimate of drug-likeness (QED) is 0.677. The van der Waals surface area contributed by atoms with Crippen LogP contribution in [-0.4, -0.2) is 49.5 Å². The molecule has 7 nitrogen and oxygen atoms in total. The summed E-state index contributed by atoms with van der Waals surface area (Å²) in [5.74, 6) is -0.796. The van der Waals surface area contributed by atoms with Crippen LogP contribution in [0, 0.1) is 12.8 Å². The summed E-state index contributed by atoms with van der Waals surface area (Å²) < 4.78 is 10.4. The van der Waals surface area contributed by atoms with E-state index in [-0.39, 0.29) is 11.8 Å². The van der Waals surface area contributed by atoms with Crippen LogP contribution in [-0.2, 0) is 14.3 Å². The molecule has 1 fully saturated rings. The predicted molar refractivity (Wildman–Crippen MR) is 115 cm³/mol. The van der Waals surface area contributed by atoms with E-state index in [4.69, 9.17) is 21.1 Å². The van der Waals surface area contributed by atoms with Gasteiger partial charge in [-0.1, -0.05) is 17.7 Å². The molecule has 0 atom stereocenters. The summed E-state index contributed by atoms with van der Waals surface area (Å²) >= 11 is 7.47. The van der Waals surface area contributed by atoms with Gasteiger partial charge < -0.3 is 19.7 Å². The number of carbonyl (C=O) groups excluding carboxylic acids is 3. The molecule has 1 saturated heterocycles. The fraction of sp³-hybridized carbons (Fsp3) is 0.381. The molecular weight excluding hydrogens is 428 g/mol. The number of methoxy groups -OCH3 is 1. The van der Waals surface area contributed by atoms with Crippen LogP contribution in [0.5, 0.6) is 5.75 Å². The molecule has 30 heavy (non-hydrogen) atoms. The highest BCUT2D eigenvalue weighted by Gasteiger charge is 2.29. The standard InChI is InChI=1S/C21H23ClN2O5S/c1-13-10-16(17(28-2)11-15(13)22)23-19(25)12-29-21(27)14-5-7-24(8-6-14)20(26)18-4-3-9-30-18/h3-4,9-11,14H,5-8,12H2,1-2H3,(H,23,25). The van der Waals surface area contributed by atoms with Crippen LogP contribution in [0.1, 0.15) is 28.1 Å². The normalized spacial score (nSPS) is 14.3. The lowest BCUT2D eigenvalue weighted by atomic mass is 9.97. The van der Waals surface area contributed by atoms with Crippen molar-refractivity contribution in [3.63, 3.8) is 0 Å². The number of carbonyl (C=O) groups is 3. The van der Waals surface area contributed by atoms with Crippen molar-refractivity contribution in [1.82, 2.24) is 4.90 Å². The Bertz CT molecular complexity index is 924. The van der Waals surface area contributed by atoms with Gasteiger partial charge in [-0.05, 0) is 42.8 Å². The first kappa shape index (κ1) is 22.1. The van der Waals surface area contributed by atoms with Gasteiger partial charge in [0.15, 0.2) is 6.61 Å². The van der Waals surface area contributed by atoms with E-state index in [1.54, 1.807) is 23.1 Å². The predicted octanol–water partition coefficient (Wildman–Crippen LogP) is 3.75. The lowest BCUT2D eigenvalue weighted by molar-refractivity contribution is -0.152. The van der Waals surface area contributed by atoms with E-state index in [2.05, 4.69) is 5.32 Å². The molecule has 0 bridgehead atoms. The molecule has 1 aliphatic heterocycles. The molecule has 2 amide bonds. The highest BCUT2D eigenvalue weighted by molar-refractivity contribution is 7.12. The number of anilines is 1.